The minimum Gasteiger partial charge on any atom is -0.338 e. The molecule has 6 heteroatoms. The van der Waals surface area contributed by atoms with E-state index in [4.69, 9.17) is 11.6 Å². The topological polar surface area (TPSA) is 54.0 Å². The first-order valence-electron chi connectivity index (χ1n) is 5.22. The number of hydrogen-bond acceptors (Lipinski definition) is 3. The number of anilines is 1. The zero-order valence-electron chi connectivity index (χ0n) is 9.50. The molecule has 90 valence electrons. The number of urea groups is 1. The van der Waals surface area contributed by atoms with Crippen LogP contribution in [0.25, 0.3) is 10.2 Å². The highest BCUT2D eigenvalue weighted by Crippen LogP contribution is 2.31. The molecule has 0 atom stereocenters. The van der Waals surface area contributed by atoms with E-state index in [9.17, 15) is 4.79 Å². The Morgan fingerprint density at radius 1 is 1.53 bits per heavy atom. The SMILES string of the molecule is CCNC(=O)Nc1nc2c(C)c(Cl)ccc2s1. The van der Waals surface area contributed by atoms with E-state index < -0.39 is 0 Å². The minimum absolute atomic E-state index is 0.240. The minimum atomic E-state index is -0.240. The number of benzene rings is 1. The smallest absolute Gasteiger partial charge is 0.321 e. The number of carbonyl (C=O) groups excluding carboxylic acids is 1. The number of nitrogens with one attached hydrogen (secondary N) is 2. The van der Waals surface area contributed by atoms with Crippen LogP contribution in [0.3, 0.4) is 0 Å². The van der Waals surface area contributed by atoms with Crippen LogP contribution in [-0.4, -0.2) is 17.6 Å². The molecule has 0 aliphatic heterocycles. The molecule has 2 amide bonds. The van der Waals surface area contributed by atoms with Gasteiger partial charge in [-0.25, -0.2) is 9.78 Å². The number of rotatable bonds is 2. The molecule has 2 rings (SSSR count). The van der Waals surface area contributed by atoms with Gasteiger partial charge in [-0.3, -0.25) is 5.32 Å². The van der Waals surface area contributed by atoms with Crippen LogP contribution in [0.2, 0.25) is 5.02 Å². The molecule has 17 heavy (non-hydrogen) atoms. The standard InChI is InChI=1S/C11H12ClN3OS/c1-3-13-10(16)15-11-14-9-6(2)7(12)4-5-8(9)17-11/h4-5H,3H2,1-2H3,(H2,13,14,15,16). The van der Waals surface area contributed by atoms with E-state index in [1.807, 2.05) is 26.0 Å². The fourth-order valence-corrected chi connectivity index (χ4v) is 2.53. The van der Waals surface area contributed by atoms with Crippen molar-refractivity contribution in [2.45, 2.75) is 13.8 Å². The molecule has 0 aliphatic carbocycles. The predicted octanol–water partition coefficient (Wildman–Crippen LogP) is 3.40. The Hall–Kier alpha value is -1.33. The molecule has 0 saturated heterocycles. The average molecular weight is 270 g/mol. The van der Waals surface area contributed by atoms with Crippen molar-refractivity contribution in [1.82, 2.24) is 10.3 Å². The van der Waals surface area contributed by atoms with Gasteiger partial charge >= 0.3 is 6.03 Å². The van der Waals surface area contributed by atoms with Gasteiger partial charge in [-0.1, -0.05) is 22.9 Å². The lowest BCUT2D eigenvalue weighted by atomic mass is 10.2. The van der Waals surface area contributed by atoms with E-state index in [0.29, 0.717) is 16.7 Å². The third kappa shape index (κ3) is 2.50. The van der Waals surface area contributed by atoms with Crippen molar-refractivity contribution in [3.05, 3.63) is 22.7 Å². The number of carbonyl (C=O) groups is 1. The maximum Gasteiger partial charge on any atom is 0.321 e. The molecular formula is C11H12ClN3OS. The number of halogens is 1. The van der Waals surface area contributed by atoms with E-state index in [1.54, 1.807) is 0 Å². The normalized spacial score (nSPS) is 10.5. The van der Waals surface area contributed by atoms with Crippen molar-refractivity contribution in [2.24, 2.45) is 0 Å². The Bertz CT molecular complexity index is 567. The van der Waals surface area contributed by atoms with Crippen LogP contribution in [0.1, 0.15) is 12.5 Å². The fourth-order valence-electron chi connectivity index (χ4n) is 1.46. The highest BCUT2D eigenvalue weighted by molar-refractivity contribution is 7.22. The predicted molar refractivity (Wildman–Crippen MR) is 72.1 cm³/mol. The number of fused-ring (bicyclic) bond motifs is 1. The lowest BCUT2D eigenvalue weighted by Crippen LogP contribution is -2.28. The van der Waals surface area contributed by atoms with E-state index in [-0.39, 0.29) is 6.03 Å². The number of amides is 2. The van der Waals surface area contributed by atoms with Crippen LogP contribution in [-0.2, 0) is 0 Å². The average Bonchev–Trinajstić information content (AvgIpc) is 2.67. The van der Waals surface area contributed by atoms with Crippen LogP contribution in [0.4, 0.5) is 9.93 Å². The number of thiazole rings is 1. The Morgan fingerprint density at radius 2 is 2.29 bits per heavy atom. The van der Waals surface area contributed by atoms with Crippen molar-refractivity contribution < 1.29 is 4.79 Å². The van der Waals surface area contributed by atoms with E-state index in [1.165, 1.54) is 11.3 Å². The molecule has 2 aromatic rings. The number of hydrogen-bond donors (Lipinski definition) is 2. The monoisotopic (exact) mass is 269 g/mol. The Kier molecular flexibility index (Phi) is 3.49. The second kappa shape index (κ2) is 4.89. The second-order valence-electron chi connectivity index (χ2n) is 3.52. The third-order valence-electron chi connectivity index (χ3n) is 2.31. The van der Waals surface area contributed by atoms with Gasteiger partial charge in [-0.2, -0.15) is 0 Å². The summed E-state index contributed by atoms with van der Waals surface area (Å²) in [6.07, 6.45) is 0. The third-order valence-corrected chi connectivity index (χ3v) is 3.65. The second-order valence-corrected chi connectivity index (χ2v) is 4.96. The van der Waals surface area contributed by atoms with Gasteiger partial charge in [-0.15, -0.1) is 0 Å². The summed E-state index contributed by atoms with van der Waals surface area (Å²) in [4.78, 5) is 15.7. The number of aryl methyl sites for hydroxylation is 1. The number of aromatic nitrogens is 1. The number of nitrogens with zero attached hydrogens (tertiary/aromatic N) is 1. The van der Waals surface area contributed by atoms with Gasteiger partial charge in [0.15, 0.2) is 5.13 Å². The van der Waals surface area contributed by atoms with E-state index in [2.05, 4.69) is 15.6 Å². The first-order valence-corrected chi connectivity index (χ1v) is 6.41. The van der Waals surface area contributed by atoms with Crippen molar-refractivity contribution in [3.8, 4) is 0 Å². The molecule has 0 fully saturated rings. The summed E-state index contributed by atoms with van der Waals surface area (Å²) in [7, 11) is 0. The summed E-state index contributed by atoms with van der Waals surface area (Å²) in [5.41, 5.74) is 1.78. The zero-order chi connectivity index (χ0) is 12.4. The van der Waals surface area contributed by atoms with Gasteiger partial charge in [0.2, 0.25) is 0 Å². The van der Waals surface area contributed by atoms with Gasteiger partial charge in [0.25, 0.3) is 0 Å². The largest absolute Gasteiger partial charge is 0.338 e. The van der Waals surface area contributed by atoms with Gasteiger partial charge < -0.3 is 5.32 Å². The van der Waals surface area contributed by atoms with Crippen molar-refractivity contribution in [1.29, 1.82) is 0 Å². The lowest BCUT2D eigenvalue weighted by Gasteiger charge is -2.00. The molecule has 0 aliphatic rings. The molecule has 0 saturated carbocycles. The highest BCUT2D eigenvalue weighted by Gasteiger charge is 2.10. The van der Waals surface area contributed by atoms with E-state index in [0.717, 1.165) is 15.8 Å². The maximum atomic E-state index is 11.4. The summed E-state index contributed by atoms with van der Waals surface area (Å²) in [5.74, 6) is 0. The molecule has 0 spiro atoms. The van der Waals surface area contributed by atoms with Crippen LogP contribution in [0, 0.1) is 6.92 Å². The van der Waals surface area contributed by atoms with Crippen LogP contribution < -0.4 is 10.6 Å². The molecule has 1 aromatic carbocycles. The molecule has 0 bridgehead atoms. The van der Waals surface area contributed by atoms with Gasteiger partial charge in [-0.05, 0) is 31.5 Å². The lowest BCUT2D eigenvalue weighted by molar-refractivity contribution is 0.252. The first-order chi connectivity index (χ1) is 8.11. The Morgan fingerprint density at radius 3 is 3.00 bits per heavy atom. The van der Waals surface area contributed by atoms with Crippen LogP contribution in [0.15, 0.2) is 12.1 Å². The molecule has 2 N–H and O–H groups in total. The van der Waals surface area contributed by atoms with Gasteiger partial charge in [0, 0.05) is 11.6 Å². The molecule has 0 unspecified atom stereocenters. The summed E-state index contributed by atoms with van der Waals surface area (Å²) < 4.78 is 1.01. The molecule has 4 nitrogen and oxygen atoms in total. The van der Waals surface area contributed by atoms with E-state index >= 15 is 0 Å². The molecule has 0 radical (unpaired) electrons. The Balaban J connectivity index is 2.32. The zero-order valence-corrected chi connectivity index (χ0v) is 11.1. The van der Waals surface area contributed by atoms with Crippen LogP contribution in [0.5, 0.6) is 0 Å². The van der Waals surface area contributed by atoms with Crippen molar-refractivity contribution in [2.75, 3.05) is 11.9 Å². The van der Waals surface area contributed by atoms with Gasteiger partial charge in [0.05, 0.1) is 10.2 Å². The summed E-state index contributed by atoms with van der Waals surface area (Å²) >= 11 is 7.45. The molecule has 1 aromatic heterocycles. The molecular weight excluding hydrogens is 258 g/mol. The Labute approximate surface area is 108 Å². The first kappa shape index (κ1) is 12.1. The van der Waals surface area contributed by atoms with Crippen LogP contribution >= 0.6 is 22.9 Å². The summed E-state index contributed by atoms with van der Waals surface area (Å²) in [6.45, 7) is 4.36. The fraction of sp³-hybridized carbons (Fsp3) is 0.273. The van der Waals surface area contributed by atoms with Crippen molar-refractivity contribution >= 4 is 44.3 Å². The molecule has 1 heterocycles. The summed E-state index contributed by atoms with van der Waals surface area (Å²) in [6, 6.07) is 3.51. The summed E-state index contributed by atoms with van der Waals surface area (Å²) in [5, 5.41) is 6.62. The maximum absolute atomic E-state index is 11.4. The quantitative estimate of drug-likeness (QED) is 0.878. The highest BCUT2D eigenvalue weighted by atomic mass is 35.5. The van der Waals surface area contributed by atoms with Crippen molar-refractivity contribution in [3.63, 3.8) is 0 Å². The van der Waals surface area contributed by atoms with Gasteiger partial charge in [0.1, 0.15) is 0 Å².